The maximum absolute atomic E-state index is 9.36. The summed E-state index contributed by atoms with van der Waals surface area (Å²) >= 11 is 0. The highest BCUT2D eigenvalue weighted by molar-refractivity contribution is 5.86. The monoisotopic (exact) mass is 394 g/mol. The van der Waals surface area contributed by atoms with E-state index < -0.39 is 0 Å². The van der Waals surface area contributed by atoms with Crippen molar-refractivity contribution in [3.63, 3.8) is 0 Å². The van der Waals surface area contributed by atoms with Gasteiger partial charge in [-0.3, -0.25) is 4.99 Å². The average molecular weight is 395 g/mol. The van der Waals surface area contributed by atoms with E-state index in [9.17, 15) is 5.26 Å². The van der Waals surface area contributed by atoms with Crippen LogP contribution in [0.3, 0.4) is 0 Å². The lowest BCUT2D eigenvalue weighted by Gasteiger charge is -2.20. The molecule has 2 aromatic rings. The fourth-order valence-corrected chi connectivity index (χ4v) is 3.38. The molecule has 0 saturated heterocycles. The number of rotatable bonds is 6. The number of aromatic nitrogens is 3. The van der Waals surface area contributed by atoms with Crippen LogP contribution >= 0.6 is 0 Å². The third-order valence-corrected chi connectivity index (χ3v) is 4.57. The van der Waals surface area contributed by atoms with E-state index in [-0.39, 0.29) is 12.0 Å². The molecule has 3 heterocycles. The van der Waals surface area contributed by atoms with Crippen molar-refractivity contribution in [2.45, 2.75) is 59.4 Å². The largest absolute Gasteiger partial charge is 0.481 e. The van der Waals surface area contributed by atoms with Crippen molar-refractivity contribution in [1.82, 2.24) is 14.8 Å². The van der Waals surface area contributed by atoms with Crippen LogP contribution in [0.5, 0.6) is 0 Å². The predicted octanol–water partition coefficient (Wildman–Crippen LogP) is 4.36. The molecule has 0 amide bonds. The smallest absolute Gasteiger partial charge is 0.192 e. The number of aliphatic imine (C=N–C) groups is 2. The average Bonchev–Trinajstić information content (AvgIpc) is 3.13. The molecule has 7 nitrogen and oxygen atoms in total. The first kappa shape index (κ1) is 22.3. The molecule has 0 spiro atoms. The summed E-state index contributed by atoms with van der Waals surface area (Å²) in [6.07, 6.45) is 8.70. The molecule has 1 aliphatic heterocycles. The van der Waals surface area contributed by atoms with Gasteiger partial charge in [0.1, 0.15) is 12.4 Å². The second kappa shape index (κ2) is 11.7. The number of nitrogens with zero attached hydrogens (tertiary/aromatic N) is 6. The molecule has 0 bridgehead atoms. The van der Waals surface area contributed by atoms with Crippen LogP contribution in [0.2, 0.25) is 0 Å². The highest BCUT2D eigenvalue weighted by atomic mass is 16.5. The van der Waals surface area contributed by atoms with Gasteiger partial charge in [0.15, 0.2) is 11.7 Å². The van der Waals surface area contributed by atoms with Crippen molar-refractivity contribution in [2.24, 2.45) is 15.9 Å². The molecule has 7 heteroatoms. The van der Waals surface area contributed by atoms with E-state index in [2.05, 4.69) is 33.1 Å². The van der Waals surface area contributed by atoms with E-state index in [1.54, 1.807) is 35.5 Å². The summed E-state index contributed by atoms with van der Waals surface area (Å²) in [5.41, 5.74) is 1.47. The highest BCUT2D eigenvalue weighted by Gasteiger charge is 2.25. The quantitative estimate of drug-likeness (QED) is 0.728. The second-order valence-electron chi connectivity index (χ2n) is 6.46. The van der Waals surface area contributed by atoms with E-state index in [0.717, 1.165) is 30.9 Å². The molecule has 3 rings (SSSR count). The molecule has 0 radical (unpaired) electrons. The molecule has 2 aromatic heterocycles. The van der Waals surface area contributed by atoms with Gasteiger partial charge in [0.2, 0.25) is 0 Å². The standard InChI is InChI=1S/C20H24N6O.C2H6/c1-3-6-15-11-17(23-14-24-20(15)27-4-2)12-18-8-10-25-26(18)19-16(13-21)7-5-9-22-19;1-2/h5,7-10,14-15,17H,3-4,6,11-12H2,1-2H3;1-2H3. The third-order valence-electron chi connectivity index (χ3n) is 4.57. The fourth-order valence-electron chi connectivity index (χ4n) is 3.38. The van der Waals surface area contributed by atoms with Crippen LogP contribution in [0.1, 0.15) is 58.2 Å². The first-order chi connectivity index (χ1) is 14.3. The lowest BCUT2D eigenvalue weighted by molar-refractivity contribution is 0.289. The second-order valence-corrected chi connectivity index (χ2v) is 6.46. The lowest BCUT2D eigenvalue weighted by atomic mass is 9.93. The molecule has 0 N–H and O–H groups in total. The van der Waals surface area contributed by atoms with Crippen LogP contribution in [0.15, 0.2) is 40.6 Å². The molecule has 1 aliphatic rings. The van der Waals surface area contributed by atoms with E-state index >= 15 is 0 Å². The number of nitriles is 1. The summed E-state index contributed by atoms with van der Waals surface area (Å²) in [5, 5.41) is 13.7. The first-order valence-corrected chi connectivity index (χ1v) is 10.4. The normalized spacial score (nSPS) is 18.1. The summed E-state index contributed by atoms with van der Waals surface area (Å²) in [6, 6.07) is 7.71. The van der Waals surface area contributed by atoms with Gasteiger partial charge in [-0.05, 0) is 38.0 Å². The number of ether oxygens (including phenoxy) is 1. The van der Waals surface area contributed by atoms with Crippen molar-refractivity contribution in [2.75, 3.05) is 6.61 Å². The van der Waals surface area contributed by atoms with Crippen LogP contribution in [-0.2, 0) is 11.2 Å². The predicted molar refractivity (Wildman–Crippen MR) is 115 cm³/mol. The lowest BCUT2D eigenvalue weighted by Crippen LogP contribution is -2.23. The Hall–Kier alpha value is -3.01. The van der Waals surface area contributed by atoms with Gasteiger partial charge in [-0.25, -0.2) is 14.7 Å². The van der Waals surface area contributed by atoms with Gasteiger partial charge in [-0.1, -0.05) is 27.2 Å². The Morgan fingerprint density at radius 3 is 2.79 bits per heavy atom. The third kappa shape index (κ3) is 5.74. The molecular formula is C22H30N6O. The van der Waals surface area contributed by atoms with Gasteiger partial charge >= 0.3 is 0 Å². The Morgan fingerprint density at radius 1 is 1.24 bits per heavy atom. The zero-order valence-corrected chi connectivity index (χ0v) is 17.7. The van der Waals surface area contributed by atoms with Gasteiger partial charge in [0.25, 0.3) is 0 Å². The maximum Gasteiger partial charge on any atom is 0.192 e. The summed E-state index contributed by atoms with van der Waals surface area (Å²) in [4.78, 5) is 13.4. The Bertz CT molecular complexity index is 864. The number of pyridine rings is 1. The van der Waals surface area contributed by atoms with Crippen LogP contribution < -0.4 is 0 Å². The van der Waals surface area contributed by atoms with E-state index in [4.69, 9.17) is 4.74 Å². The Balaban J connectivity index is 0.00000145. The minimum absolute atomic E-state index is 0.0768. The Kier molecular flexibility index (Phi) is 9.03. The Morgan fingerprint density at radius 2 is 2.07 bits per heavy atom. The first-order valence-electron chi connectivity index (χ1n) is 10.4. The van der Waals surface area contributed by atoms with Crippen molar-refractivity contribution in [1.29, 1.82) is 5.26 Å². The van der Waals surface area contributed by atoms with Crippen LogP contribution in [0.25, 0.3) is 5.82 Å². The molecule has 2 atom stereocenters. The van der Waals surface area contributed by atoms with Crippen molar-refractivity contribution in [3.05, 3.63) is 41.9 Å². The minimum Gasteiger partial charge on any atom is -0.481 e. The summed E-state index contributed by atoms with van der Waals surface area (Å²) in [5.74, 6) is 1.60. The topological polar surface area (TPSA) is 88.5 Å². The minimum atomic E-state index is 0.0768. The van der Waals surface area contributed by atoms with Gasteiger partial charge < -0.3 is 4.74 Å². The zero-order valence-electron chi connectivity index (χ0n) is 17.7. The van der Waals surface area contributed by atoms with E-state index in [1.165, 1.54) is 0 Å². The van der Waals surface area contributed by atoms with Crippen molar-refractivity contribution in [3.8, 4) is 11.9 Å². The van der Waals surface area contributed by atoms with Crippen LogP contribution in [-0.4, -0.2) is 39.6 Å². The Labute approximate surface area is 173 Å². The molecule has 29 heavy (non-hydrogen) atoms. The van der Waals surface area contributed by atoms with Crippen molar-refractivity contribution >= 4 is 12.2 Å². The molecule has 154 valence electrons. The molecule has 0 saturated carbocycles. The van der Waals surface area contributed by atoms with Crippen LogP contribution in [0.4, 0.5) is 0 Å². The zero-order chi connectivity index (χ0) is 21.1. The van der Waals surface area contributed by atoms with Crippen molar-refractivity contribution < 1.29 is 4.74 Å². The fraction of sp³-hybridized carbons (Fsp3) is 0.500. The van der Waals surface area contributed by atoms with Gasteiger partial charge in [0.05, 0.1) is 18.2 Å². The van der Waals surface area contributed by atoms with Crippen LogP contribution in [0, 0.1) is 17.2 Å². The molecule has 0 aliphatic carbocycles. The number of hydrogen-bond donors (Lipinski definition) is 0. The molecule has 0 fully saturated rings. The maximum atomic E-state index is 9.36. The molecule has 2 unspecified atom stereocenters. The summed E-state index contributed by atoms with van der Waals surface area (Å²) in [7, 11) is 0. The molecule has 0 aromatic carbocycles. The van der Waals surface area contributed by atoms with Gasteiger partial charge in [0, 0.05) is 30.4 Å². The highest BCUT2D eigenvalue weighted by Crippen LogP contribution is 2.23. The van der Waals surface area contributed by atoms with E-state index in [0.29, 0.717) is 24.4 Å². The summed E-state index contributed by atoms with van der Waals surface area (Å²) < 4.78 is 7.46. The number of hydrogen-bond acceptors (Lipinski definition) is 6. The van der Waals surface area contributed by atoms with E-state index in [1.807, 2.05) is 26.8 Å². The van der Waals surface area contributed by atoms with Gasteiger partial charge in [-0.15, -0.1) is 0 Å². The summed E-state index contributed by atoms with van der Waals surface area (Å²) in [6.45, 7) is 8.76. The molecular weight excluding hydrogens is 364 g/mol. The van der Waals surface area contributed by atoms with Gasteiger partial charge in [-0.2, -0.15) is 10.4 Å². The SMILES string of the molecule is CC.CCCC1CC(Cc2ccnn2-c2ncccc2C#N)N=CN=C1OCC.